The van der Waals surface area contributed by atoms with Crippen LogP contribution in [0.15, 0.2) is 24.3 Å². The summed E-state index contributed by atoms with van der Waals surface area (Å²) in [6.07, 6.45) is 1.93. The molecule has 0 aliphatic carbocycles. The van der Waals surface area contributed by atoms with Crippen LogP contribution < -0.4 is 18.9 Å². The number of ether oxygens (including phenoxy) is 4. The Bertz CT molecular complexity index is 1190. The van der Waals surface area contributed by atoms with Crippen molar-refractivity contribution >= 4 is 31.3 Å². The SMILES string of the molecule is CCOc1cc2c(cc1OC)C(=O)CI(CC)C1C[N+]3=C(CC21)c1cc(OC)c(OC)cc1CC3. The van der Waals surface area contributed by atoms with E-state index in [0.29, 0.717) is 22.2 Å². The van der Waals surface area contributed by atoms with Crippen molar-refractivity contribution in [3.63, 3.8) is 0 Å². The van der Waals surface area contributed by atoms with Gasteiger partial charge in [-0.05, 0) is 0 Å². The molecule has 3 aliphatic heterocycles. The zero-order chi connectivity index (χ0) is 24.7. The first-order valence-corrected chi connectivity index (χ1v) is 16.7. The van der Waals surface area contributed by atoms with Gasteiger partial charge in [0.15, 0.2) is 0 Å². The number of halogens is 1. The normalized spacial score (nSPS) is 21.9. The zero-order valence-corrected chi connectivity index (χ0v) is 23.4. The fourth-order valence-electron chi connectivity index (χ4n) is 5.86. The van der Waals surface area contributed by atoms with Crippen LogP contribution in [0.25, 0.3) is 0 Å². The first-order chi connectivity index (χ1) is 17.0. The van der Waals surface area contributed by atoms with E-state index in [9.17, 15) is 4.79 Å². The summed E-state index contributed by atoms with van der Waals surface area (Å²) in [7, 11) is 5.03. The van der Waals surface area contributed by atoms with Crippen molar-refractivity contribution < 1.29 is 28.3 Å². The third-order valence-corrected chi connectivity index (χ3v) is 14.7. The summed E-state index contributed by atoms with van der Waals surface area (Å²) in [5.41, 5.74) is 5.94. The van der Waals surface area contributed by atoms with Crippen molar-refractivity contribution in [3.8, 4) is 23.0 Å². The van der Waals surface area contributed by atoms with Crippen LogP contribution in [0.2, 0.25) is 0 Å². The Morgan fingerprint density at radius 1 is 0.943 bits per heavy atom. The van der Waals surface area contributed by atoms with Gasteiger partial charge in [-0.2, -0.15) is 0 Å². The molecular formula is C28H35INO5+. The summed E-state index contributed by atoms with van der Waals surface area (Å²) in [6.45, 7) is 6.89. The number of nitrogens with zero attached hydrogens (tertiary/aromatic N) is 1. The van der Waals surface area contributed by atoms with Crippen molar-refractivity contribution in [3.05, 3.63) is 46.5 Å². The quantitative estimate of drug-likeness (QED) is 0.276. The minimum atomic E-state index is -1.52. The van der Waals surface area contributed by atoms with Gasteiger partial charge in [-0.3, -0.25) is 0 Å². The van der Waals surface area contributed by atoms with Crippen LogP contribution in [0.1, 0.15) is 53.2 Å². The van der Waals surface area contributed by atoms with Crippen molar-refractivity contribution in [2.45, 2.75) is 36.5 Å². The van der Waals surface area contributed by atoms with E-state index in [1.54, 1.807) is 21.3 Å². The Morgan fingerprint density at radius 3 is 2.31 bits per heavy atom. The molecule has 0 bridgehead atoms. The molecule has 5 rings (SSSR count). The molecule has 2 aromatic carbocycles. The van der Waals surface area contributed by atoms with E-state index >= 15 is 0 Å². The minimum absolute atomic E-state index is 0.289. The van der Waals surface area contributed by atoms with Gasteiger partial charge in [0.2, 0.25) is 0 Å². The standard InChI is InChI=1S/C28H35INO5/c1-6-29-15-24(31)21-14-27(34-5)28(35-7-2)13-19(21)20-11-23-18-12-26(33-4)25(32-3)10-17(18)8-9-30(23)16-22(20)29/h10,12-14,20,22H,6-9,11,15-16H2,1-5H3/q+1. The number of carbonyl (C=O) groups is 1. The number of methoxy groups -OCH3 is 3. The predicted octanol–water partition coefficient (Wildman–Crippen LogP) is 4.75. The van der Waals surface area contributed by atoms with Crippen LogP contribution in [0.3, 0.4) is 0 Å². The van der Waals surface area contributed by atoms with E-state index in [-0.39, 0.29) is 5.78 Å². The van der Waals surface area contributed by atoms with Gasteiger partial charge in [0.1, 0.15) is 0 Å². The molecular weight excluding hydrogens is 557 g/mol. The number of rotatable bonds is 6. The van der Waals surface area contributed by atoms with Gasteiger partial charge in [0.05, 0.1) is 0 Å². The Balaban J connectivity index is 1.65. The molecule has 0 aromatic heterocycles. The summed E-state index contributed by atoms with van der Waals surface area (Å²) < 4.78 is 27.9. The fraction of sp³-hybridized carbons (Fsp3) is 0.500. The summed E-state index contributed by atoms with van der Waals surface area (Å²) in [5.74, 6) is 3.55. The molecule has 7 heteroatoms. The van der Waals surface area contributed by atoms with E-state index in [0.717, 1.165) is 63.2 Å². The third-order valence-electron chi connectivity index (χ3n) is 7.57. The number of alkyl halides is 3. The van der Waals surface area contributed by atoms with Crippen LogP contribution in [0.5, 0.6) is 23.0 Å². The van der Waals surface area contributed by atoms with E-state index in [4.69, 9.17) is 18.9 Å². The molecule has 0 fully saturated rings. The van der Waals surface area contributed by atoms with Crippen molar-refractivity contribution in [2.24, 2.45) is 0 Å². The molecule has 35 heavy (non-hydrogen) atoms. The second-order valence-corrected chi connectivity index (χ2v) is 15.9. The second-order valence-electron chi connectivity index (χ2n) is 9.18. The second kappa shape index (κ2) is 9.99. The molecule has 3 aliphatic rings. The molecule has 0 saturated heterocycles. The molecule has 3 heterocycles. The molecule has 2 unspecified atom stereocenters. The number of hydrogen-bond acceptors (Lipinski definition) is 5. The average Bonchev–Trinajstić information content (AvgIpc) is 3.00. The average molecular weight is 592 g/mol. The number of hydrogen-bond donors (Lipinski definition) is 0. The first-order valence-electron chi connectivity index (χ1n) is 12.4. The molecule has 0 saturated carbocycles. The summed E-state index contributed by atoms with van der Waals surface area (Å²) in [6, 6.07) is 8.33. The van der Waals surface area contributed by atoms with Gasteiger partial charge in [0, 0.05) is 0 Å². The van der Waals surface area contributed by atoms with Gasteiger partial charge in [-0.25, -0.2) is 0 Å². The maximum atomic E-state index is 13.5. The van der Waals surface area contributed by atoms with E-state index < -0.39 is 19.8 Å². The van der Waals surface area contributed by atoms with Crippen molar-refractivity contribution in [1.82, 2.24) is 0 Å². The Kier molecular flexibility index (Phi) is 6.97. The summed E-state index contributed by atoms with van der Waals surface area (Å²) >= 11 is -1.52. The van der Waals surface area contributed by atoms with Crippen LogP contribution >= 0.6 is 19.8 Å². The molecule has 2 atom stereocenters. The maximum absolute atomic E-state index is 13.5. The van der Waals surface area contributed by atoms with E-state index in [1.807, 2.05) is 13.0 Å². The van der Waals surface area contributed by atoms with Gasteiger partial charge < -0.3 is 0 Å². The molecule has 0 spiro atoms. The fourth-order valence-corrected chi connectivity index (χ4v) is 12.3. The van der Waals surface area contributed by atoms with Gasteiger partial charge in [0.25, 0.3) is 0 Å². The third kappa shape index (κ3) is 4.19. The number of carbonyl (C=O) groups excluding carboxylic acids is 1. The first kappa shape index (κ1) is 24.4. The number of fused-ring (bicyclic) bond motifs is 5. The van der Waals surface area contributed by atoms with E-state index in [1.165, 1.54) is 16.8 Å². The Hall–Kier alpha value is -2.29. The molecule has 2 aromatic rings. The van der Waals surface area contributed by atoms with Crippen LogP contribution in [0.4, 0.5) is 0 Å². The number of ketones is 1. The van der Waals surface area contributed by atoms with Gasteiger partial charge >= 0.3 is 216 Å². The van der Waals surface area contributed by atoms with Crippen LogP contribution in [0, 0.1) is 0 Å². The van der Waals surface area contributed by atoms with Crippen molar-refractivity contribution in [2.75, 3.05) is 49.9 Å². The predicted molar refractivity (Wildman–Crippen MR) is 146 cm³/mol. The van der Waals surface area contributed by atoms with Crippen LogP contribution in [-0.2, 0) is 6.42 Å². The molecule has 188 valence electrons. The topological polar surface area (TPSA) is 57.0 Å². The summed E-state index contributed by atoms with van der Waals surface area (Å²) in [5, 5.41) is 0. The summed E-state index contributed by atoms with van der Waals surface area (Å²) in [4.78, 5) is 13.5. The molecule has 0 radical (unpaired) electrons. The van der Waals surface area contributed by atoms with Gasteiger partial charge in [-0.15, -0.1) is 0 Å². The molecule has 0 N–H and O–H groups in total. The zero-order valence-electron chi connectivity index (χ0n) is 21.3. The van der Waals surface area contributed by atoms with E-state index in [2.05, 4.69) is 29.7 Å². The Labute approximate surface area is 215 Å². The van der Waals surface area contributed by atoms with Crippen molar-refractivity contribution in [1.29, 1.82) is 0 Å². The number of benzene rings is 2. The molecule has 6 nitrogen and oxygen atoms in total. The van der Waals surface area contributed by atoms with Crippen LogP contribution in [-0.4, -0.2) is 69.9 Å². The molecule has 0 amide bonds. The monoisotopic (exact) mass is 592 g/mol. The van der Waals surface area contributed by atoms with Gasteiger partial charge in [-0.1, -0.05) is 0 Å². The Morgan fingerprint density at radius 2 is 1.63 bits per heavy atom. The number of Topliss-reactive ketones (excluding diaryl/α,β-unsaturated/α-hetero) is 1.